The molecule has 0 spiro atoms. The van der Waals surface area contributed by atoms with E-state index < -0.39 is 0 Å². The average Bonchev–Trinajstić information content (AvgIpc) is 2.65. The molecule has 1 aromatic heterocycles. The average molecular weight is 412 g/mol. The quantitative estimate of drug-likeness (QED) is 0.704. The Morgan fingerprint density at radius 2 is 1.81 bits per heavy atom. The fourth-order valence-corrected chi connectivity index (χ4v) is 3.47. The molecule has 1 aliphatic rings. The summed E-state index contributed by atoms with van der Waals surface area (Å²) in [7, 11) is 0. The van der Waals surface area contributed by atoms with Crippen LogP contribution in [0.5, 0.6) is 11.5 Å². The summed E-state index contributed by atoms with van der Waals surface area (Å²) >= 11 is 0. The number of para-hydroxylation sites is 1. The molecule has 5 nitrogen and oxygen atoms in total. The zero-order valence-corrected chi connectivity index (χ0v) is 16.9. The van der Waals surface area contributed by atoms with Gasteiger partial charge in [-0.05, 0) is 36.9 Å². The summed E-state index contributed by atoms with van der Waals surface area (Å²) in [6.45, 7) is 0.556. The van der Waals surface area contributed by atoms with E-state index in [0.717, 1.165) is 31.4 Å². The third-order valence-corrected chi connectivity index (χ3v) is 4.91. The molecule has 7 heteroatoms. The van der Waals surface area contributed by atoms with E-state index in [-0.39, 0.29) is 36.1 Å². The highest BCUT2D eigenvalue weighted by Gasteiger charge is 2.33. The van der Waals surface area contributed by atoms with Gasteiger partial charge >= 0.3 is 0 Å². The molecule has 3 N–H and O–H groups in total. The van der Waals surface area contributed by atoms with Gasteiger partial charge in [-0.25, -0.2) is 0 Å². The third kappa shape index (κ3) is 6.38. The third-order valence-electron chi connectivity index (χ3n) is 4.91. The minimum absolute atomic E-state index is 0. The maximum atomic E-state index is 12.6. The van der Waals surface area contributed by atoms with Crippen LogP contribution in [-0.4, -0.2) is 17.4 Å². The van der Waals surface area contributed by atoms with Gasteiger partial charge in [0.05, 0.1) is 6.20 Å². The first-order valence-corrected chi connectivity index (χ1v) is 8.88. The minimum Gasteiger partial charge on any atom is -0.455 e. The van der Waals surface area contributed by atoms with Gasteiger partial charge in [-0.2, -0.15) is 0 Å². The van der Waals surface area contributed by atoms with Crippen LogP contribution < -0.4 is 15.8 Å². The van der Waals surface area contributed by atoms with Crippen LogP contribution in [0.3, 0.4) is 0 Å². The van der Waals surface area contributed by atoms with E-state index in [1.54, 1.807) is 18.5 Å². The van der Waals surface area contributed by atoms with Crippen molar-refractivity contribution < 1.29 is 9.53 Å². The molecule has 0 saturated heterocycles. The molecular weight excluding hydrogens is 385 g/mol. The van der Waals surface area contributed by atoms with Crippen molar-refractivity contribution in [1.29, 1.82) is 0 Å². The lowest BCUT2D eigenvalue weighted by atomic mass is 9.71. The molecule has 0 radical (unpaired) electrons. The van der Waals surface area contributed by atoms with Gasteiger partial charge in [-0.1, -0.05) is 37.5 Å². The number of hydrogen-bond donors (Lipinski definition) is 2. The van der Waals surface area contributed by atoms with E-state index >= 15 is 0 Å². The molecule has 3 rings (SSSR count). The second kappa shape index (κ2) is 11.1. The summed E-state index contributed by atoms with van der Waals surface area (Å²) in [5.74, 6) is 1.27. The number of benzene rings is 1. The van der Waals surface area contributed by atoms with Crippen molar-refractivity contribution in [2.45, 2.75) is 38.5 Å². The zero-order valence-electron chi connectivity index (χ0n) is 15.2. The number of anilines is 1. The van der Waals surface area contributed by atoms with Gasteiger partial charge in [0.1, 0.15) is 11.4 Å². The highest BCUT2D eigenvalue weighted by molar-refractivity contribution is 5.92. The van der Waals surface area contributed by atoms with Crippen LogP contribution in [0.1, 0.15) is 38.5 Å². The number of carbonyl (C=O) groups is 1. The van der Waals surface area contributed by atoms with Crippen molar-refractivity contribution in [2.24, 2.45) is 11.1 Å². The van der Waals surface area contributed by atoms with Crippen LogP contribution in [0.15, 0.2) is 48.8 Å². The molecule has 0 bridgehead atoms. The first-order valence-electron chi connectivity index (χ1n) is 8.88. The summed E-state index contributed by atoms with van der Waals surface area (Å²) in [6.07, 6.45) is 9.31. The summed E-state index contributed by atoms with van der Waals surface area (Å²) < 4.78 is 5.87. The standard InChI is InChI=1S/C20H25N3O2.2ClH/c21-15-20(10-5-2-6-11-20)13-19(24)23-17-14-22-12-9-18(17)25-16-7-3-1-4-8-16;;/h1,3-4,7-9,12,14H,2,5-6,10-11,13,15,21H2,(H,23,24);2*1H. The van der Waals surface area contributed by atoms with Crippen molar-refractivity contribution in [2.75, 3.05) is 11.9 Å². The number of ether oxygens (including phenoxy) is 1. The predicted octanol–water partition coefficient (Wildman–Crippen LogP) is 4.96. The Bertz CT molecular complexity index is 707. The highest BCUT2D eigenvalue weighted by atomic mass is 35.5. The molecule has 0 unspecified atom stereocenters. The van der Waals surface area contributed by atoms with Crippen LogP contribution >= 0.6 is 24.8 Å². The van der Waals surface area contributed by atoms with Gasteiger partial charge in [0, 0.05) is 18.7 Å². The number of amides is 1. The first kappa shape index (κ1) is 23.2. The van der Waals surface area contributed by atoms with Crippen molar-refractivity contribution in [3.05, 3.63) is 48.8 Å². The van der Waals surface area contributed by atoms with E-state index in [0.29, 0.717) is 24.4 Å². The van der Waals surface area contributed by atoms with Gasteiger partial charge in [0.25, 0.3) is 0 Å². The Balaban J connectivity index is 0.00000182. The van der Waals surface area contributed by atoms with Gasteiger partial charge in [0.2, 0.25) is 5.91 Å². The van der Waals surface area contributed by atoms with Gasteiger partial charge < -0.3 is 15.8 Å². The molecule has 1 fully saturated rings. The van der Waals surface area contributed by atoms with E-state index in [1.165, 1.54) is 6.42 Å². The number of carbonyl (C=O) groups excluding carboxylic acids is 1. The maximum Gasteiger partial charge on any atom is 0.225 e. The predicted molar refractivity (Wildman–Crippen MR) is 113 cm³/mol. The first-order chi connectivity index (χ1) is 12.2. The lowest BCUT2D eigenvalue weighted by molar-refractivity contribution is -0.118. The summed E-state index contributed by atoms with van der Waals surface area (Å²) in [6, 6.07) is 11.2. The van der Waals surface area contributed by atoms with E-state index in [4.69, 9.17) is 10.5 Å². The van der Waals surface area contributed by atoms with Crippen LogP contribution in [0.4, 0.5) is 5.69 Å². The molecule has 1 aromatic carbocycles. The maximum absolute atomic E-state index is 12.6. The largest absolute Gasteiger partial charge is 0.455 e. The molecular formula is C20H27Cl2N3O2. The number of pyridine rings is 1. The molecule has 0 aliphatic heterocycles. The number of halogens is 2. The van der Waals surface area contributed by atoms with Crippen molar-refractivity contribution in [3.8, 4) is 11.5 Å². The molecule has 148 valence electrons. The summed E-state index contributed by atoms with van der Waals surface area (Å²) in [4.78, 5) is 16.7. The molecule has 1 amide bonds. The van der Waals surface area contributed by atoms with Crippen molar-refractivity contribution >= 4 is 36.4 Å². The topological polar surface area (TPSA) is 77.2 Å². The minimum atomic E-state index is -0.0645. The smallest absolute Gasteiger partial charge is 0.225 e. The lowest BCUT2D eigenvalue weighted by Gasteiger charge is -2.35. The summed E-state index contributed by atoms with van der Waals surface area (Å²) in [5, 5.41) is 2.96. The highest BCUT2D eigenvalue weighted by Crippen LogP contribution is 2.39. The number of hydrogen-bond acceptors (Lipinski definition) is 4. The van der Waals surface area contributed by atoms with Crippen LogP contribution in [0.2, 0.25) is 0 Å². The van der Waals surface area contributed by atoms with Gasteiger partial charge in [-0.3, -0.25) is 9.78 Å². The molecule has 2 aromatic rings. The van der Waals surface area contributed by atoms with E-state index in [2.05, 4.69) is 10.3 Å². The molecule has 1 heterocycles. The van der Waals surface area contributed by atoms with E-state index in [1.807, 2.05) is 30.3 Å². The van der Waals surface area contributed by atoms with Crippen LogP contribution in [0, 0.1) is 5.41 Å². The van der Waals surface area contributed by atoms with Gasteiger partial charge in [-0.15, -0.1) is 24.8 Å². The molecule has 27 heavy (non-hydrogen) atoms. The Hall–Kier alpha value is -1.82. The zero-order chi connectivity index (χ0) is 17.5. The van der Waals surface area contributed by atoms with Crippen LogP contribution in [0.25, 0.3) is 0 Å². The van der Waals surface area contributed by atoms with Crippen molar-refractivity contribution in [3.63, 3.8) is 0 Å². The molecule has 0 atom stereocenters. The fraction of sp³-hybridized carbons (Fsp3) is 0.400. The number of rotatable bonds is 6. The van der Waals surface area contributed by atoms with Gasteiger partial charge in [0.15, 0.2) is 5.75 Å². The lowest BCUT2D eigenvalue weighted by Crippen LogP contribution is -2.36. The Labute approximate surface area is 172 Å². The van der Waals surface area contributed by atoms with Crippen LogP contribution in [-0.2, 0) is 4.79 Å². The van der Waals surface area contributed by atoms with Crippen molar-refractivity contribution in [1.82, 2.24) is 4.98 Å². The normalized spacial score (nSPS) is 15.0. The fourth-order valence-electron chi connectivity index (χ4n) is 3.47. The summed E-state index contributed by atoms with van der Waals surface area (Å²) in [5.41, 5.74) is 6.51. The second-order valence-electron chi connectivity index (χ2n) is 6.78. The Morgan fingerprint density at radius 1 is 1.11 bits per heavy atom. The molecule has 1 saturated carbocycles. The number of nitrogens with one attached hydrogen (secondary N) is 1. The number of nitrogens with two attached hydrogens (primary N) is 1. The second-order valence-corrected chi connectivity index (χ2v) is 6.78. The Kier molecular flexibility index (Phi) is 9.56. The molecule has 1 aliphatic carbocycles. The number of aromatic nitrogens is 1. The number of nitrogens with zero attached hydrogens (tertiary/aromatic N) is 1. The Morgan fingerprint density at radius 3 is 2.48 bits per heavy atom. The SMILES string of the molecule is Cl.Cl.NCC1(CC(=O)Nc2cnccc2Oc2ccccc2)CCCCC1. The monoisotopic (exact) mass is 411 g/mol. The van der Waals surface area contributed by atoms with E-state index in [9.17, 15) is 4.79 Å².